The normalized spacial score (nSPS) is 14.5. The molecule has 0 saturated carbocycles. The Morgan fingerprint density at radius 2 is 1.88 bits per heavy atom. The van der Waals surface area contributed by atoms with E-state index in [1.807, 2.05) is 19.1 Å². The third-order valence-electron chi connectivity index (χ3n) is 2.98. The molecule has 1 rings (SSSR count). The van der Waals surface area contributed by atoms with E-state index in [4.69, 9.17) is 5.73 Å². The number of rotatable bonds is 4. The zero-order valence-electron chi connectivity index (χ0n) is 11.0. The van der Waals surface area contributed by atoms with Crippen LogP contribution in [0.1, 0.15) is 44.2 Å². The van der Waals surface area contributed by atoms with E-state index in [0.29, 0.717) is 5.92 Å². The summed E-state index contributed by atoms with van der Waals surface area (Å²) in [5, 5.41) is 0. The van der Waals surface area contributed by atoms with E-state index in [9.17, 15) is 4.79 Å². The van der Waals surface area contributed by atoms with Gasteiger partial charge in [0.25, 0.3) is 0 Å². The molecule has 3 heteroatoms. The zero-order chi connectivity index (χ0) is 13.1. The predicted molar refractivity (Wildman–Crippen MR) is 68.7 cm³/mol. The molecule has 0 heterocycles. The van der Waals surface area contributed by atoms with Gasteiger partial charge in [0.15, 0.2) is 0 Å². The second-order valence-corrected chi connectivity index (χ2v) is 4.95. The summed E-state index contributed by atoms with van der Waals surface area (Å²) in [6, 6.07) is 8.08. The van der Waals surface area contributed by atoms with Crippen molar-refractivity contribution in [1.29, 1.82) is 0 Å². The van der Waals surface area contributed by atoms with E-state index in [0.717, 1.165) is 5.56 Å². The molecule has 1 unspecified atom stereocenters. The van der Waals surface area contributed by atoms with Crippen LogP contribution in [-0.2, 0) is 15.1 Å². The Labute approximate surface area is 103 Å². The van der Waals surface area contributed by atoms with Gasteiger partial charge < -0.3 is 10.5 Å². The number of esters is 1. The highest BCUT2D eigenvalue weighted by Gasteiger charge is 2.25. The summed E-state index contributed by atoms with van der Waals surface area (Å²) in [6.45, 7) is 6.13. The highest BCUT2D eigenvalue weighted by molar-refractivity contribution is 5.71. The zero-order valence-corrected chi connectivity index (χ0v) is 11.0. The monoisotopic (exact) mass is 235 g/mol. The summed E-state index contributed by atoms with van der Waals surface area (Å²) in [5.74, 6) is 0.205. The summed E-state index contributed by atoms with van der Waals surface area (Å²) in [5.41, 5.74) is 7.68. The Balaban J connectivity index is 2.87. The van der Waals surface area contributed by atoms with Crippen LogP contribution >= 0.6 is 0 Å². The molecule has 3 nitrogen and oxygen atoms in total. The Morgan fingerprint density at radius 3 is 2.29 bits per heavy atom. The van der Waals surface area contributed by atoms with Crippen LogP contribution in [0, 0.1) is 0 Å². The van der Waals surface area contributed by atoms with Crippen LogP contribution in [0.3, 0.4) is 0 Å². The average Bonchev–Trinajstić information content (AvgIpc) is 2.28. The Morgan fingerprint density at radius 1 is 1.35 bits per heavy atom. The van der Waals surface area contributed by atoms with Crippen molar-refractivity contribution in [3.05, 3.63) is 35.4 Å². The van der Waals surface area contributed by atoms with Gasteiger partial charge in [-0.05, 0) is 24.0 Å². The molecule has 0 radical (unpaired) electrons. The molecule has 0 amide bonds. The van der Waals surface area contributed by atoms with E-state index in [2.05, 4.69) is 30.7 Å². The summed E-state index contributed by atoms with van der Waals surface area (Å²) in [7, 11) is 1.38. The summed E-state index contributed by atoms with van der Waals surface area (Å²) in [6.07, 6.45) is 0.185. The number of ether oxygens (including phenoxy) is 1. The van der Waals surface area contributed by atoms with Gasteiger partial charge in [-0.15, -0.1) is 0 Å². The lowest BCUT2D eigenvalue weighted by molar-refractivity contribution is -0.141. The Kier molecular flexibility index (Phi) is 4.29. The molecule has 17 heavy (non-hydrogen) atoms. The summed E-state index contributed by atoms with van der Waals surface area (Å²) >= 11 is 0. The van der Waals surface area contributed by atoms with Crippen molar-refractivity contribution in [1.82, 2.24) is 0 Å². The molecule has 1 aromatic rings. The topological polar surface area (TPSA) is 52.3 Å². The Bertz CT molecular complexity index is 380. The molecule has 2 N–H and O–H groups in total. The van der Waals surface area contributed by atoms with Gasteiger partial charge in [-0.25, -0.2) is 0 Å². The third-order valence-corrected chi connectivity index (χ3v) is 2.98. The minimum absolute atomic E-state index is 0.185. The van der Waals surface area contributed by atoms with Crippen molar-refractivity contribution >= 4 is 5.97 Å². The summed E-state index contributed by atoms with van der Waals surface area (Å²) < 4.78 is 4.65. The van der Waals surface area contributed by atoms with Crippen molar-refractivity contribution in [2.24, 2.45) is 5.73 Å². The number of carbonyl (C=O) groups is 1. The maximum absolute atomic E-state index is 11.3. The number of hydrogen-bond donors (Lipinski definition) is 1. The van der Waals surface area contributed by atoms with Gasteiger partial charge in [-0.2, -0.15) is 0 Å². The van der Waals surface area contributed by atoms with Crippen molar-refractivity contribution < 1.29 is 9.53 Å². The molecule has 1 atom stereocenters. The molecule has 0 spiro atoms. The first-order valence-electron chi connectivity index (χ1n) is 5.83. The van der Waals surface area contributed by atoms with E-state index in [1.165, 1.54) is 12.7 Å². The van der Waals surface area contributed by atoms with Gasteiger partial charge in [-0.3, -0.25) is 4.79 Å². The van der Waals surface area contributed by atoms with E-state index in [1.54, 1.807) is 0 Å². The number of methoxy groups -OCH3 is 1. The summed E-state index contributed by atoms with van der Waals surface area (Å²) in [4.78, 5) is 11.3. The molecular weight excluding hydrogens is 214 g/mol. The number of hydrogen-bond acceptors (Lipinski definition) is 3. The van der Waals surface area contributed by atoms with E-state index in [-0.39, 0.29) is 12.4 Å². The van der Waals surface area contributed by atoms with Crippen LogP contribution in [0.25, 0.3) is 0 Å². The third kappa shape index (κ3) is 3.56. The van der Waals surface area contributed by atoms with Crippen LogP contribution in [0.5, 0.6) is 0 Å². The van der Waals surface area contributed by atoms with Crippen LogP contribution in [0.2, 0.25) is 0 Å². The molecule has 0 bridgehead atoms. The van der Waals surface area contributed by atoms with Gasteiger partial charge >= 0.3 is 5.97 Å². The highest BCUT2D eigenvalue weighted by Crippen LogP contribution is 2.24. The maximum Gasteiger partial charge on any atom is 0.307 e. The first kappa shape index (κ1) is 13.7. The van der Waals surface area contributed by atoms with E-state index >= 15 is 0 Å². The maximum atomic E-state index is 11.3. The largest absolute Gasteiger partial charge is 0.469 e. The molecule has 0 aliphatic rings. The average molecular weight is 235 g/mol. The van der Waals surface area contributed by atoms with Gasteiger partial charge in [0.1, 0.15) is 0 Å². The quantitative estimate of drug-likeness (QED) is 0.816. The minimum atomic E-state index is -0.678. The van der Waals surface area contributed by atoms with Gasteiger partial charge in [0.05, 0.1) is 13.5 Å². The van der Waals surface area contributed by atoms with Crippen molar-refractivity contribution in [2.45, 2.75) is 38.6 Å². The molecule has 0 aliphatic carbocycles. The molecule has 0 aromatic heterocycles. The van der Waals surface area contributed by atoms with Crippen LogP contribution < -0.4 is 5.73 Å². The van der Waals surface area contributed by atoms with Crippen LogP contribution in [-0.4, -0.2) is 13.1 Å². The second-order valence-electron chi connectivity index (χ2n) is 4.95. The number of benzene rings is 1. The minimum Gasteiger partial charge on any atom is -0.469 e. The van der Waals surface area contributed by atoms with E-state index < -0.39 is 5.54 Å². The second kappa shape index (κ2) is 5.32. The lowest BCUT2D eigenvalue weighted by atomic mass is 9.88. The van der Waals surface area contributed by atoms with Gasteiger partial charge in [0.2, 0.25) is 0 Å². The van der Waals surface area contributed by atoms with Crippen LogP contribution in [0.15, 0.2) is 24.3 Å². The fraction of sp³-hybridized carbons (Fsp3) is 0.500. The lowest BCUT2D eigenvalue weighted by Crippen LogP contribution is -2.35. The molecule has 0 aliphatic heterocycles. The lowest BCUT2D eigenvalue weighted by Gasteiger charge is -2.24. The van der Waals surface area contributed by atoms with Gasteiger partial charge in [0, 0.05) is 5.54 Å². The van der Waals surface area contributed by atoms with Crippen molar-refractivity contribution in [3.8, 4) is 0 Å². The molecule has 94 valence electrons. The van der Waals surface area contributed by atoms with Gasteiger partial charge in [-0.1, -0.05) is 38.1 Å². The number of carbonyl (C=O) groups excluding carboxylic acids is 1. The fourth-order valence-corrected chi connectivity index (χ4v) is 1.72. The molecular formula is C14H21NO2. The smallest absolute Gasteiger partial charge is 0.307 e. The predicted octanol–water partition coefficient (Wildman–Crippen LogP) is 2.55. The SMILES string of the molecule is COC(=O)CC(C)(N)c1ccc(C(C)C)cc1. The van der Waals surface area contributed by atoms with Crippen molar-refractivity contribution in [2.75, 3.05) is 7.11 Å². The first-order valence-corrected chi connectivity index (χ1v) is 5.83. The number of nitrogens with two attached hydrogens (primary N) is 1. The fourth-order valence-electron chi connectivity index (χ4n) is 1.72. The first-order chi connectivity index (χ1) is 7.86. The molecule has 1 aromatic carbocycles. The standard InChI is InChI=1S/C14H21NO2/c1-10(2)11-5-7-12(8-6-11)14(3,15)9-13(16)17-4/h5-8,10H,9,15H2,1-4H3. The molecule has 0 saturated heterocycles. The highest BCUT2D eigenvalue weighted by atomic mass is 16.5. The molecule has 0 fully saturated rings. The van der Waals surface area contributed by atoms with Crippen molar-refractivity contribution in [3.63, 3.8) is 0 Å². The van der Waals surface area contributed by atoms with Crippen LogP contribution in [0.4, 0.5) is 0 Å². The Hall–Kier alpha value is -1.35.